The number of benzene rings is 1. The van der Waals surface area contributed by atoms with E-state index in [0.29, 0.717) is 10.2 Å². The number of hydrogen-bond acceptors (Lipinski definition) is 0. The molecule has 0 nitrogen and oxygen atoms in total. The number of rotatable bonds is 3. The summed E-state index contributed by atoms with van der Waals surface area (Å²) in [6.07, 6.45) is 6.85. The lowest BCUT2D eigenvalue weighted by Crippen LogP contribution is -2.23. The van der Waals surface area contributed by atoms with Crippen molar-refractivity contribution in [1.29, 1.82) is 0 Å². The van der Waals surface area contributed by atoms with Gasteiger partial charge in [0.15, 0.2) is 0 Å². The Bertz CT molecular complexity index is 441. The van der Waals surface area contributed by atoms with Crippen molar-refractivity contribution in [1.82, 2.24) is 0 Å². The summed E-state index contributed by atoms with van der Waals surface area (Å²) in [7, 11) is 0. The van der Waals surface area contributed by atoms with Crippen LogP contribution >= 0.6 is 15.9 Å². The predicted molar refractivity (Wildman–Crippen MR) is 88.3 cm³/mol. The summed E-state index contributed by atoms with van der Waals surface area (Å²) < 4.78 is 0. The highest BCUT2D eigenvalue weighted by Crippen LogP contribution is 2.55. The van der Waals surface area contributed by atoms with Crippen molar-refractivity contribution in [3.05, 3.63) is 33.9 Å². The molecule has 0 heterocycles. The van der Waals surface area contributed by atoms with E-state index < -0.39 is 0 Å². The van der Waals surface area contributed by atoms with Gasteiger partial charge in [-0.05, 0) is 80.2 Å². The zero-order valence-electron chi connectivity index (χ0n) is 13.1. The molecule has 1 aromatic rings. The van der Waals surface area contributed by atoms with E-state index >= 15 is 0 Å². The minimum Gasteiger partial charge on any atom is -0.0832 e. The highest BCUT2D eigenvalue weighted by Gasteiger charge is 2.40. The van der Waals surface area contributed by atoms with Gasteiger partial charge in [0, 0.05) is 4.83 Å². The number of alkyl halides is 1. The molecule has 1 saturated carbocycles. The Morgan fingerprint density at radius 1 is 1.05 bits per heavy atom. The number of hydrogen-bond donors (Lipinski definition) is 0. The Morgan fingerprint density at radius 3 is 1.95 bits per heavy atom. The summed E-state index contributed by atoms with van der Waals surface area (Å²) in [5.41, 5.74) is 7.91. The van der Waals surface area contributed by atoms with Crippen molar-refractivity contribution >= 4 is 15.9 Å². The van der Waals surface area contributed by atoms with Crippen LogP contribution in [0, 0.1) is 33.1 Å². The van der Waals surface area contributed by atoms with E-state index in [4.69, 9.17) is 0 Å². The Labute approximate surface area is 127 Å². The first-order valence-electron chi connectivity index (χ1n) is 7.64. The van der Waals surface area contributed by atoms with E-state index in [-0.39, 0.29) is 0 Å². The molecule has 1 heteroatoms. The second-order valence-corrected chi connectivity index (χ2v) is 7.38. The van der Waals surface area contributed by atoms with Gasteiger partial charge in [-0.15, -0.1) is 0 Å². The summed E-state index contributed by atoms with van der Waals surface area (Å²) in [6.45, 7) is 11.5. The van der Waals surface area contributed by atoms with Crippen LogP contribution in [0.25, 0.3) is 0 Å². The molecule has 19 heavy (non-hydrogen) atoms. The van der Waals surface area contributed by atoms with E-state index in [1.165, 1.54) is 54.4 Å². The lowest BCUT2D eigenvalue weighted by Gasteiger charge is -2.36. The molecule has 1 aliphatic carbocycles. The molecular formula is C18H27Br. The van der Waals surface area contributed by atoms with Gasteiger partial charge in [0.05, 0.1) is 0 Å². The highest BCUT2D eigenvalue weighted by atomic mass is 79.9. The van der Waals surface area contributed by atoms with Gasteiger partial charge in [-0.1, -0.05) is 41.8 Å². The van der Waals surface area contributed by atoms with Crippen molar-refractivity contribution in [3.63, 3.8) is 0 Å². The van der Waals surface area contributed by atoms with Crippen LogP contribution in [0.15, 0.2) is 6.07 Å². The Hall–Kier alpha value is -0.300. The molecule has 0 amide bonds. The molecule has 0 aromatic heterocycles. The summed E-state index contributed by atoms with van der Waals surface area (Å²) in [4.78, 5) is 0.520. The van der Waals surface area contributed by atoms with Crippen LogP contribution in [0.2, 0.25) is 0 Å². The molecule has 0 aliphatic heterocycles. The average Bonchev–Trinajstić information content (AvgIpc) is 2.86. The minimum atomic E-state index is 0.482. The fourth-order valence-electron chi connectivity index (χ4n) is 3.80. The Kier molecular flexibility index (Phi) is 4.45. The van der Waals surface area contributed by atoms with Crippen LogP contribution in [0.1, 0.15) is 71.7 Å². The first-order chi connectivity index (χ1) is 8.93. The second kappa shape index (κ2) is 5.60. The molecule has 0 saturated heterocycles. The predicted octanol–water partition coefficient (Wildman–Crippen LogP) is 6.33. The smallest absolute Gasteiger partial charge is 0.0456 e. The van der Waals surface area contributed by atoms with Gasteiger partial charge >= 0.3 is 0 Å². The molecular weight excluding hydrogens is 296 g/mol. The minimum absolute atomic E-state index is 0.482. The Balaban J connectivity index is 2.52. The maximum atomic E-state index is 4.10. The van der Waals surface area contributed by atoms with E-state index in [1.807, 2.05) is 0 Å². The third-order valence-electron chi connectivity index (χ3n) is 5.52. The first-order valence-corrected chi connectivity index (χ1v) is 8.56. The van der Waals surface area contributed by atoms with Crippen LogP contribution in [-0.4, -0.2) is 0 Å². The fraction of sp³-hybridized carbons (Fsp3) is 0.667. The average molecular weight is 323 g/mol. The third-order valence-corrected chi connectivity index (χ3v) is 6.95. The van der Waals surface area contributed by atoms with Crippen LogP contribution < -0.4 is 0 Å². The molecule has 1 atom stereocenters. The molecule has 1 aliphatic rings. The van der Waals surface area contributed by atoms with Gasteiger partial charge in [0.2, 0.25) is 0 Å². The quantitative estimate of drug-likeness (QED) is 0.570. The maximum Gasteiger partial charge on any atom is 0.0456 e. The van der Waals surface area contributed by atoms with Crippen LogP contribution in [0.3, 0.4) is 0 Å². The van der Waals surface area contributed by atoms with Gasteiger partial charge in [-0.3, -0.25) is 0 Å². The largest absolute Gasteiger partial charge is 0.0832 e. The molecule has 1 unspecified atom stereocenters. The molecule has 0 spiro atoms. The summed E-state index contributed by atoms with van der Waals surface area (Å²) in [6, 6.07) is 2.33. The van der Waals surface area contributed by atoms with Gasteiger partial charge in [0.25, 0.3) is 0 Å². The summed E-state index contributed by atoms with van der Waals surface area (Å²) >= 11 is 4.10. The van der Waals surface area contributed by atoms with E-state index in [1.54, 1.807) is 5.56 Å². The van der Waals surface area contributed by atoms with Crippen molar-refractivity contribution in [2.75, 3.05) is 0 Å². The SMILES string of the molecule is CCC1(C(Br)c2c(C)c(C)cc(C)c2C)CCCC1. The first kappa shape index (κ1) is 15.1. The monoisotopic (exact) mass is 322 g/mol. The topological polar surface area (TPSA) is 0 Å². The lowest BCUT2D eigenvalue weighted by molar-refractivity contribution is 0.278. The van der Waals surface area contributed by atoms with Crippen molar-refractivity contribution < 1.29 is 0 Å². The Morgan fingerprint density at radius 2 is 1.53 bits per heavy atom. The zero-order valence-corrected chi connectivity index (χ0v) is 14.7. The lowest BCUT2D eigenvalue weighted by atomic mass is 9.75. The normalized spacial score (nSPS) is 19.7. The molecule has 106 valence electrons. The summed E-state index contributed by atoms with van der Waals surface area (Å²) in [5.74, 6) is 0. The van der Waals surface area contributed by atoms with Crippen LogP contribution in [-0.2, 0) is 0 Å². The number of aryl methyl sites for hydroxylation is 2. The van der Waals surface area contributed by atoms with E-state index in [9.17, 15) is 0 Å². The highest BCUT2D eigenvalue weighted by molar-refractivity contribution is 9.09. The van der Waals surface area contributed by atoms with Gasteiger partial charge in [-0.2, -0.15) is 0 Å². The molecule has 1 aromatic carbocycles. The van der Waals surface area contributed by atoms with Crippen LogP contribution in [0.4, 0.5) is 0 Å². The van der Waals surface area contributed by atoms with Gasteiger partial charge < -0.3 is 0 Å². The molecule has 0 N–H and O–H groups in total. The van der Waals surface area contributed by atoms with Gasteiger partial charge in [-0.25, -0.2) is 0 Å². The zero-order chi connectivity index (χ0) is 14.2. The van der Waals surface area contributed by atoms with Crippen molar-refractivity contribution in [3.8, 4) is 0 Å². The fourth-order valence-corrected chi connectivity index (χ4v) is 5.27. The molecule has 1 fully saturated rings. The van der Waals surface area contributed by atoms with Crippen LogP contribution in [0.5, 0.6) is 0 Å². The molecule has 0 radical (unpaired) electrons. The molecule has 0 bridgehead atoms. The van der Waals surface area contributed by atoms with Crippen molar-refractivity contribution in [2.24, 2.45) is 5.41 Å². The second-order valence-electron chi connectivity index (χ2n) is 6.46. The van der Waals surface area contributed by atoms with E-state index in [0.717, 1.165) is 0 Å². The number of halogens is 1. The third kappa shape index (κ3) is 2.51. The van der Waals surface area contributed by atoms with Gasteiger partial charge in [0.1, 0.15) is 0 Å². The standard InChI is InChI=1S/C18H27Br/c1-6-18(9-7-8-10-18)17(19)16-14(4)12(2)11-13(3)15(16)5/h11,17H,6-10H2,1-5H3. The summed E-state index contributed by atoms with van der Waals surface area (Å²) in [5, 5.41) is 0. The maximum absolute atomic E-state index is 4.10. The molecule has 2 rings (SSSR count). The van der Waals surface area contributed by atoms with Crippen molar-refractivity contribution in [2.45, 2.75) is 71.5 Å². The van der Waals surface area contributed by atoms with E-state index in [2.05, 4.69) is 56.6 Å².